The SMILES string of the molecule is CC1(C)[C@H](NC(=O)C2=NCCC=N2)C(C)(C)[C@H]1Oc1ccc(C#N)c(C(F)(F)F)c1. The summed E-state index contributed by atoms with van der Waals surface area (Å²) in [7, 11) is 0. The molecule has 1 saturated carbocycles. The van der Waals surface area contributed by atoms with Crippen molar-refractivity contribution in [3.8, 4) is 11.8 Å². The van der Waals surface area contributed by atoms with Crippen molar-refractivity contribution in [2.24, 2.45) is 20.8 Å². The maximum Gasteiger partial charge on any atom is 0.417 e. The minimum Gasteiger partial charge on any atom is -0.489 e. The molecular weight excluding hydrogens is 397 g/mol. The monoisotopic (exact) mass is 420 g/mol. The number of amides is 1. The van der Waals surface area contributed by atoms with Crippen LogP contribution >= 0.6 is 0 Å². The van der Waals surface area contributed by atoms with Gasteiger partial charge in [0.2, 0.25) is 5.84 Å². The van der Waals surface area contributed by atoms with Gasteiger partial charge in [-0.3, -0.25) is 9.79 Å². The van der Waals surface area contributed by atoms with E-state index >= 15 is 0 Å². The lowest BCUT2D eigenvalue weighted by molar-refractivity contribution is -0.171. The van der Waals surface area contributed by atoms with E-state index in [1.807, 2.05) is 27.7 Å². The summed E-state index contributed by atoms with van der Waals surface area (Å²) in [5, 5.41) is 11.9. The first-order chi connectivity index (χ1) is 13.9. The lowest BCUT2D eigenvalue weighted by Crippen LogP contribution is -2.75. The molecule has 9 heteroatoms. The van der Waals surface area contributed by atoms with E-state index in [4.69, 9.17) is 10.00 Å². The molecule has 0 aromatic heterocycles. The molecule has 1 heterocycles. The van der Waals surface area contributed by atoms with E-state index in [2.05, 4.69) is 15.3 Å². The number of hydrogen-bond donors (Lipinski definition) is 1. The molecule has 0 atom stereocenters. The molecule has 160 valence electrons. The lowest BCUT2D eigenvalue weighted by Gasteiger charge is -2.63. The van der Waals surface area contributed by atoms with Crippen LogP contribution in [0, 0.1) is 22.2 Å². The Bertz CT molecular complexity index is 942. The molecule has 1 aromatic carbocycles. The number of nitrogens with one attached hydrogen (secondary N) is 1. The number of aliphatic imine (C=N–C) groups is 2. The van der Waals surface area contributed by atoms with Crippen molar-refractivity contribution in [2.75, 3.05) is 6.54 Å². The van der Waals surface area contributed by atoms with Crippen LogP contribution in [0.25, 0.3) is 0 Å². The fourth-order valence-corrected chi connectivity index (χ4v) is 4.61. The molecule has 6 nitrogen and oxygen atoms in total. The quantitative estimate of drug-likeness (QED) is 0.805. The predicted molar refractivity (Wildman–Crippen MR) is 105 cm³/mol. The van der Waals surface area contributed by atoms with Gasteiger partial charge in [0.25, 0.3) is 5.91 Å². The van der Waals surface area contributed by atoms with Crippen LogP contribution in [0.5, 0.6) is 5.75 Å². The molecule has 1 aliphatic heterocycles. The van der Waals surface area contributed by atoms with Crippen molar-refractivity contribution in [3.63, 3.8) is 0 Å². The third-order valence-corrected chi connectivity index (χ3v) is 5.72. The summed E-state index contributed by atoms with van der Waals surface area (Å²) in [6.45, 7) is 8.04. The van der Waals surface area contributed by atoms with E-state index < -0.39 is 34.2 Å². The Kier molecular flexibility index (Phi) is 5.39. The number of amidine groups is 1. The summed E-state index contributed by atoms with van der Waals surface area (Å²) in [6.07, 6.45) is -2.79. The number of rotatable bonds is 4. The molecule has 0 spiro atoms. The predicted octanol–water partition coefficient (Wildman–Crippen LogP) is 3.75. The minimum atomic E-state index is -4.66. The maximum atomic E-state index is 13.3. The highest BCUT2D eigenvalue weighted by atomic mass is 19.4. The molecule has 0 saturated heterocycles. The Morgan fingerprint density at radius 1 is 1.27 bits per heavy atom. The fourth-order valence-electron chi connectivity index (χ4n) is 4.61. The van der Waals surface area contributed by atoms with Crippen LogP contribution in [-0.2, 0) is 11.0 Å². The highest BCUT2D eigenvalue weighted by Crippen LogP contribution is 2.55. The number of alkyl halides is 3. The fraction of sp³-hybridized carbons (Fsp3) is 0.524. The van der Waals surface area contributed by atoms with Gasteiger partial charge in [-0.1, -0.05) is 27.7 Å². The Morgan fingerprint density at radius 3 is 2.47 bits per heavy atom. The van der Waals surface area contributed by atoms with Gasteiger partial charge >= 0.3 is 6.18 Å². The topological polar surface area (TPSA) is 86.8 Å². The second kappa shape index (κ2) is 7.42. The van der Waals surface area contributed by atoms with E-state index in [-0.39, 0.29) is 23.5 Å². The summed E-state index contributed by atoms with van der Waals surface area (Å²) in [5.41, 5.74) is -2.62. The molecule has 0 radical (unpaired) electrons. The first kappa shape index (κ1) is 21.8. The first-order valence-corrected chi connectivity index (χ1v) is 9.55. The molecule has 30 heavy (non-hydrogen) atoms. The van der Waals surface area contributed by atoms with Crippen molar-refractivity contribution in [1.29, 1.82) is 5.26 Å². The van der Waals surface area contributed by atoms with E-state index in [9.17, 15) is 18.0 Å². The van der Waals surface area contributed by atoms with Crippen molar-refractivity contribution < 1.29 is 22.7 Å². The van der Waals surface area contributed by atoms with Crippen LogP contribution in [0.2, 0.25) is 0 Å². The largest absolute Gasteiger partial charge is 0.489 e. The molecule has 1 aromatic rings. The molecule has 1 amide bonds. The molecule has 3 rings (SSSR count). The third-order valence-electron chi connectivity index (χ3n) is 5.72. The number of carbonyl (C=O) groups excluding carboxylic acids is 1. The second-order valence-corrected chi connectivity index (χ2v) is 8.67. The molecule has 2 aliphatic rings. The Labute approximate surface area is 172 Å². The zero-order valence-corrected chi connectivity index (χ0v) is 17.2. The van der Waals surface area contributed by atoms with Gasteiger partial charge in [-0.25, -0.2) is 4.99 Å². The zero-order chi connectivity index (χ0) is 22.3. The van der Waals surface area contributed by atoms with E-state index in [1.165, 1.54) is 6.07 Å². The Hall–Kier alpha value is -2.89. The van der Waals surface area contributed by atoms with Gasteiger partial charge < -0.3 is 10.1 Å². The maximum absolute atomic E-state index is 13.3. The van der Waals surface area contributed by atoms with Crippen LogP contribution in [-0.4, -0.2) is 36.6 Å². The Morgan fingerprint density at radius 2 is 1.93 bits per heavy atom. The van der Waals surface area contributed by atoms with Crippen LogP contribution in [0.1, 0.15) is 45.2 Å². The second-order valence-electron chi connectivity index (χ2n) is 8.67. The summed E-state index contributed by atoms with van der Waals surface area (Å²) in [5.74, 6) is -0.231. The van der Waals surface area contributed by atoms with Crippen LogP contribution in [0.15, 0.2) is 28.2 Å². The van der Waals surface area contributed by atoms with Gasteiger partial charge in [-0.15, -0.1) is 0 Å². The van der Waals surface area contributed by atoms with Crippen LogP contribution in [0.4, 0.5) is 13.2 Å². The molecule has 0 unspecified atom stereocenters. The van der Waals surface area contributed by atoms with E-state index in [0.717, 1.165) is 12.1 Å². The van der Waals surface area contributed by atoms with Gasteiger partial charge in [0.1, 0.15) is 11.9 Å². The summed E-state index contributed by atoms with van der Waals surface area (Å²) in [6, 6.07) is 4.57. The number of nitriles is 1. The van der Waals surface area contributed by atoms with Crippen molar-refractivity contribution in [2.45, 2.75) is 52.4 Å². The summed E-state index contributed by atoms with van der Waals surface area (Å²) < 4.78 is 45.7. The van der Waals surface area contributed by atoms with E-state index in [0.29, 0.717) is 13.0 Å². The van der Waals surface area contributed by atoms with E-state index in [1.54, 1.807) is 12.3 Å². The molecule has 1 N–H and O–H groups in total. The first-order valence-electron chi connectivity index (χ1n) is 9.55. The van der Waals surface area contributed by atoms with Gasteiger partial charge in [0.15, 0.2) is 0 Å². The Balaban J connectivity index is 1.80. The third kappa shape index (κ3) is 3.78. The van der Waals surface area contributed by atoms with Crippen molar-refractivity contribution >= 4 is 18.0 Å². The standard InChI is InChI=1S/C21H23F3N4O2/c1-19(2)17(28-16(29)15-26-8-5-9-27-15)20(3,4)18(19)30-13-7-6-12(11-25)14(10-13)21(22,23)24/h6-8,10,17-18H,5,9H2,1-4H3,(H,28,29)/t17-,18-. The molecule has 0 bridgehead atoms. The van der Waals surface area contributed by atoms with Gasteiger partial charge in [-0.05, 0) is 18.2 Å². The van der Waals surface area contributed by atoms with Crippen molar-refractivity contribution in [3.05, 3.63) is 29.3 Å². The van der Waals surface area contributed by atoms with Crippen LogP contribution < -0.4 is 10.1 Å². The highest BCUT2D eigenvalue weighted by Gasteiger charge is 2.64. The number of carbonyl (C=O) groups is 1. The van der Waals surface area contributed by atoms with Gasteiger partial charge in [0.05, 0.1) is 17.2 Å². The smallest absolute Gasteiger partial charge is 0.417 e. The minimum absolute atomic E-state index is 0.0264. The average Bonchev–Trinajstić information content (AvgIpc) is 2.69. The number of benzene rings is 1. The van der Waals surface area contributed by atoms with Gasteiger partial charge in [-0.2, -0.15) is 18.4 Å². The number of halogens is 3. The summed E-state index contributed by atoms with van der Waals surface area (Å²) in [4.78, 5) is 20.7. The molecule has 1 aliphatic carbocycles. The highest BCUT2D eigenvalue weighted by molar-refractivity contribution is 6.39. The number of ether oxygens (including phenoxy) is 1. The zero-order valence-electron chi connectivity index (χ0n) is 17.2. The number of hydrogen-bond acceptors (Lipinski definition) is 5. The lowest BCUT2D eigenvalue weighted by atomic mass is 9.49. The normalized spacial score (nSPS) is 24.3. The summed E-state index contributed by atoms with van der Waals surface area (Å²) >= 11 is 0. The molecular formula is C21H23F3N4O2. The molecule has 1 fully saturated rings. The number of nitrogens with zero attached hydrogens (tertiary/aromatic N) is 3. The average molecular weight is 420 g/mol. The van der Waals surface area contributed by atoms with Crippen molar-refractivity contribution in [1.82, 2.24) is 5.32 Å². The van der Waals surface area contributed by atoms with Gasteiger partial charge in [0, 0.05) is 36.1 Å². The van der Waals surface area contributed by atoms with Crippen LogP contribution in [0.3, 0.4) is 0 Å².